The molecule has 0 amide bonds. The summed E-state index contributed by atoms with van der Waals surface area (Å²) >= 11 is 3.94. The standard InChI is InChI=1S/C16H22O3S/c1-11(16(17)20)9-12-5-3-4-6-14(12)13-7-8-19-15(10-13)18-2/h3-6,11,13,15H,7-10H2,1-2H3,(H,17,20). The first-order valence-corrected chi connectivity index (χ1v) is 7.51. The lowest BCUT2D eigenvalue weighted by Gasteiger charge is -2.30. The van der Waals surface area contributed by atoms with E-state index in [-0.39, 0.29) is 17.3 Å². The van der Waals surface area contributed by atoms with Crippen molar-refractivity contribution < 1.29 is 14.3 Å². The highest BCUT2D eigenvalue weighted by molar-refractivity contribution is 7.96. The van der Waals surface area contributed by atoms with E-state index in [1.807, 2.05) is 13.0 Å². The molecule has 1 aromatic rings. The lowest BCUT2D eigenvalue weighted by atomic mass is 9.85. The number of hydrogen-bond acceptors (Lipinski definition) is 3. The Balaban J connectivity index is 2.16. The molecule has 1 saturated heterocycles. The first-order valence-electron chi connectivity index (χ1n) is 7.06. The van der Waals surface area contributed by atoms with E-state index in [9.17, 15) is 4.79 Å². The topological polar surface area (TPSA) is 35.5 Å². The fraction of sp³-hybridized carbons (Fsp3) is 0.562. The van der Waals surface area contributed by atoms with Gasteiger partial charge >= 0.3 is 0 Å². The van der Waals surface area contributed by atoms with Crippen molar-refractivity contribution in [3.63, 3.8) is 0 Å². The van der Waals surface area contributed by atoms with Crippen LogP contribution in [0.15, 0.2) is 24.3 Å². The second kappa shape index (κ2) is 7.25. The summed E-state index contributed by atoms with van der Waals surface area (Å²) in [4.78, 5) is 11.4. The second-order valence-electron chi connectivity index (χ2n) is 5.40. The minimum atomic E-state index is -0.120. The van der Waals surface area contributed by atoms with Gasteiger partial charge in [0.05, 0.1) is 6.61 Å². The molecule has 2 rings (SSSR count). The third-order valence-corrected chi connectivity index (χ3v) is 4.39. The van der Waals surface area contributed by atoms with Gasteiger partial charge in [0, 0.05) is 19.4 Å². The van der Waals surface area contributed by atoms with E-state index in [2.05, 4.69) is 30.8 Å². The maximum atomic E-state index is 11.4. The molecule has 3 unspecified atom stereocenters. The Morgan fingerprint density at radius 1 is 1.50 bits per heavy atom. The van der Waals surface area contributed by atoms with E-state index < -0.39 is 0 Å². The SMILES string of the molecule is COC1CC(c2ccccc2CC(C)C(=O)S)CCO1. The molecule has 0 saturated carbocycles. The zero-order valence-corrected chi connectivity index (χ0v) is 12.9. The molecule has 4 heteroatoms. The van der Waals surface area contributed by atoms with Crippen molar-refractivity contribution in [3.05, 3.63) is 35.4 Å². The summed E-state index contributed by atoms with van der Waals surface area (Å²) in [7, 11) is 1.68. The summed E-state index contributed by atoms with van der Waals surface area (Å²) in [5.74, 6) is 0.379. The molecule has 110 valence electrons. The van der Waals surface area contributed by atoms with Crippen LogP contribution >= 0.6 is 12.6 Å². The summed E-state index contributed by atoms with van der Waals surface area (Å²) in [5.41, 5.74) is 2.56. The molecule has 1 fully saturated rings. The Morgan fingerprint density at radius 3 is 2.95 bits per heavy atom. The van der Waals surface area contributed by atoms with Gasteiger partial charge in [0.1, 0.15) is 0 Å². The van der Waals surface area contributed by atoms with Crippen molar-refractivity contribution in [3.8, 4) is 0 Å². The van der Waals surface area contributed by atoms with Crippen LogP contribution in [0.2, 0.25) is 0 Å². The highest BCUT2D eigenvalue weighted by Gasteiger charge is 2.25. The van der Waals surface area contributed by atoms with Crippen molar-refractivity contribution >= 4 is 17.7 Å². The van der Waals surface area contributed by atoms with E-state index >= 15 is 0 Å². The van der Waals surface area contributed by atoms with Crippen molar-refractivity contribution in [2.24, 2.45) is 5.92 Å². The molecule has 0 spiro atoms. The van der Waals surface area contributed by atoms with Crippen molar-refractivity contribution in [1.29, 1.82) is 0 Å². The Morgan fingerprint density at radius 2 is 2.25 bits per heavy atom. The van der Waals surface area contributed by atoms with Crippen LogP contribution in [0.5, 0.6) is 0 Å². The van der Waals surface area contributed by atoms with Crippen LogP contribution < -0.4 is 0 Å². The van der Waals surface area contributed by atoms with E-state index in [1.54, 1.807) is 7.11 Å². The first kappa shape index (κ1) is 15.5. The maximum Gasteiger partial charge on any atom is 0.189 e. The van der Waals surface area contributed by atoms with Crippen LogP contribution in [-0.2, 0) is 20.7 Å². The van der Waals surface area contributed by atoms with Crippen LogP contribution in [-0.4, -0.2) is 25.1 Å². The maximum absolute atomic E-state index is 11.4. The molecular formula is C16H22O3S. The average Bonchev–Trinajstić information content (AvgIpc) is 2.47. The van der Waals surface area contributed by atoms with E-state index in [0.717, 1.165) is 25.9 Å². The Bertz CT molecular complexity index is 461. The fourth-order valence-electron chi connectivity index (χ4n) is 2.74. The van der Waals surface area contributed by atoms with Gasteiger partial charge in [-0.3, -0.25) is 4.79 Å². The van der Waals surface area contributed by atoms with Gasteiger partial charge in [0.15, 0.2) is 11.4 Å². The number of benzene rings is 1. The highest BCUT2D eigenvalue weighted by atomic mass is 32.1. The molecule has 0 aromatic heterocycles. The molecule has 1 aromatic carbocycles. The van der Waals surface area contributed by atoms with Crippen molar-refractivity contribution in [2.75, 3.05) is 13.7 Å². The largest absolute Gasteiger partial charge is 0.356 e. The number of hydrogen-bond donors (Lipinski definition) is 1. The van der Waals surface area contributed by atoms with Crippen LogP contribution in [0, 0.1) is 5.92 Å². The molecule has 20 heavy (non-hydrogen) atoms. The van der Waals surface area contributed by atoms with Crippen LogP contribution in [0.4, 0.5) is 0 Å². The summed E-state index contributed by atoms with van der Waals surface area (Å²) < 4.78 is 10.9. The van der Waals surface area contributed by atoms with Gasteiger partial charge in [-0.1, -0.05) is 31.2 Å². The number of carbonyl (C=O) groups excluding carboxylic acids is 1. The lowest BCUT2D eigenvalue weighted by molar-refractivity contribution is -0.150. The molecule has 0 N–H and O–H groups in total. The first-order chi connectivity index (χ1) is 9.61. The molecule has 0 radical (unpaired) electrons. The minimum absolute atomic E-state index is 0.0541. The number of rotatable bonds is 5. The van der Waals surface area contributed by atoms with Gasteiger partial charge in [-0.25, -0.2) is 0 Å². The quantitative estimate of drug-likeness (QED) is 0.847. The average molecular weight is 294 g/mol. The number of thiol groups is 1. The van der Waals surface area contributed by atoms with Crippen LogP contribution in [0.1, 0.15) is 36.8 Å². The molecule has 0 bridgehead atoms. The molecule has 1 aliphatic rings. The van der Waals surface area contributed by atoms with Gasteiger partial charge < -0.3 is 9.47 Å². The normalized spacial score (nSPS) is 24.4. The monoisotopic (exact) mass is 294 g/mol. The van der Waals surface area contributed by atoms with Gasteiger partial charge in [0.25, 0.3) is 0 Å². The van der Waals surface area contributed by atoms with Crippen LogP contribution in [0.3, 0.4) is 0 Å². The minimum Gasteiger partial charge on any atom is -0.356 e. The lowest BCUT2D eigenvalue weighted by Crippen LogP contribution is -2.26. The number of ether oxygens (including phenoxy) is 2. The van der Waals surface area contributed by atoms with Crippen molar-refractivity contribution in [1.82, 2.24) is 0 Å². The zero-order chi connectivity index (χ0) is 14.5. The second-order valence-corrected chi connectivity index (χ2v) is 5.84. The van der Waals surface area contributed by atoms with Gasteiger partial charge in [0.2, 0.25) is 0 Å². The molecule has 1 heterocycles. The van der Waals surface area contributed by atoms with Crippen LogP contribution in [0.25, 0.3) is 0 Å². The predicted octanol–water partition coefficient (Wildman–Crippen LogP) is 3.19. The fourth-order valence-corrected chi connectivity index (χ4v) is 2.83. The zero-order valence-electron chi connectivity index (χ0n) is 12.0. The number of carbonyl (C=O) groups is 1. The van der Waals surface area contributed by atoms with Gasteiger partial charge in [-0.2, -0.15) is 0 Å². The Labute approximate surface area is 126 Å². The summed E-state index contributed by atoms with van der Waals surface area (Å²) in [6.45, 7) is 2.65. The summed E-state index contributed by atoms with van der Waals surface area (Å²) in [6, 6.07) is 8.36. The molecule has 3 atom stereocenters. The molecule has 1 aliphatic heterocycles. The van der Waals surface area contributed by atoms with Gasteiger partial charge in [-0.05, 0) is 29.9 Å². The van der Waals surface area contributed by atoms with Crippen molar-refractivity contribution in [2.45, 2.75) is 38.4 Å². The third-order valence-electron chi connectivity index (χ3n) is 3.95. The molecule has 0 aliphatic carbocycles. The van der Waals surface area contributed by atoms with E-state index in [0.29, 0.717) is 5.92 Å². The molecular weight excluding hydrogens is 272 g/mol. The summed E-state index contributed by atoms with van der Waals surface area (Å²) in [6.07, 6.45) is 2.50. The van der Waals surface area contributed by atoms with E-state index in [4.69, 9.17) is 9.47 Å². The summed E-state index contributed by atoms with van der Waals surface area (Å²) in [5, 5.41) is -0.0541. The van der Waals surface area contributed by atoms with Gasteiger partial charge in [-0.15, -0.1) is 12.6 Å². The highest BCUT2D eigenvalue weighted by Crippen LogP contribution is 2.33. The third kappa shape index (κ3) is 3.84. The predicted molar refractivity (Wildman–Crippen MR) is 82.0 cm³/mol. The molecule has 3 nitrogen and oxygen atoms in total. The Hall–Kier alpha value is -0.840. The number of methoxy groups -OCH3 is 1. The van der Waals surface area contributed by atoms with E-state index in [1.165, 1.54) is 11.1 Å². The Kier molecular flexibility index (Phi) is 5.64. The smallest absolute Gasteiger partial charge is 0.189 e.